The molecule has 0 bridgehead atoms. The third-order valence-corrected chi connectivity index (χ3v) is 3.75. The van der Waals surface area contributed by atoms with E-state index in [1.807, 2.05) is 4.68 Å². The van der Waals surface area contributed by atoms with Gasteiger partial charge in [-0.25, -0.2) is 0 Å². The second-order valence-corrected chi connectivity index (χ2v) is 4.93. The average molecular weight is 258 g/mol. The van der Waals surface area contributed by atoms with Gasteiger partial charge in [0.1, 0.15) is 0 Å². The highest BCUT2D eigenvalue weighted by Crippen LogP contribution is 2.24. The summed E-state index contributed by atoms with van der Waals surface area (Å²) in [5.74, 6) is 0. The molecule has 1 saturated heterocycles. The average Bonchev–Trinajstić information content (AvgIpc) is 2.85. The van der Waals surface area contributed by atoms with Gasteiger partial charge >= 0.3 is 0 Å². The lowest BCUT2D eigenvalue weighted by atomic mass is 10.3. The van der Waals surface area contributed by atoms with E-state index in [2.05, 4.69) is 23.8 Å². The zero-order valence-electron chi connectivity index (χ0n) is 10.5. The molecule has 0 saturated carbocycles. The molecule has 4 nitrogen and oxygen atoms in total. The van der Waals surface area contributed by atoms with E-state index in [9.17, 15) is 5.11 Å². The molecule has 96 valence electrons. The fourth-order valence-corrected chi connectivity index (χ4v) is 2.66. The van der Waals surface area contributed by atoms with E-state index >= 15 is 0 Å². The Morgan fingerprint density at radius 1 is 1.47 bits per heavy atom. The molecule has 1 aliphatic rings. The van der Waals surface area contributed by atoms with Crippen LogP contribution in [0.25, 0.3) is 0 Å². The molecule has 1 aromatic rings. The maximum atomic E-state index is 9.53. The fraction of sp³-hybridized carbons (Fsp3) is 0.750. The van der Waals surface area contributed by atoms with Gasteiger partial charge in [-0.2, -0.15) is 5.10 Å². The number of aryl methyl sites for hydroxylation is 2. The number of hydrogen-bond acceptors (Lipinski definition) is 3. The summed E-state index contributed by atoms with van der Waals surface area (Å²) in [4.78, 5) is 2.24. The Morgan fingerprint density at radius 2 is 2.24 bits per heavy atom. The summed E-state index contributed by atoms with van der Waals surface area (Å²) in [6.07, 6.45) is 1.54. The van der Waals surface area contributed by atoms with E-state index in [0.29, 0.717) is 0 Å². The minimum atomic E-state index is -0.183. The van der Waals surface area contributed by atoms with Crippen LogP contribution in [0.2, 0.25) is 5.02 Å². The molecule has 0 radical (unpaired) electrons. The van der Waals surface area contributed by atoms with E-state index in [1.54, 1.807) is 0 Å². The molecule has 17 heavy (non-hydrogen) atoms. The van der Waals surface area contributed by atoms with Crippen LogP contribution in [-0.2, 0) is 19.5 Å². The summed E-state index contributed by atoms with van der Waals surface area (Å²) in [6, 6.07) is 0. The Hall–Kier alpha value is -0.580. The first-order chi connectivity index (χ1) is 8.15. The lowest BCUT2D eigenvalue weighted by Crippen LogP contribution is -2.23. The Morgan fingerprint density at radius 3 is 2.76 bits per heavy atom. The summed E-state index contributed by atoms with van der Waals surface area (Å²) in [7, 11) is 0. The molecule has 2 rings (SSSR count). The molecular formula is C12H20ClN3O. The first kappa shape index (κ1) is 12.9. The molecular weight excluding hydrogens is 238 g/mol. The highest BCUT2D eigenvalue weighted by molar-refractivity contribution is 6.31. The van der Waals surface area contributed by atoms with Crippen molar-refractivity contribution in [2.45, 2.75) is 45.9 Å². The van der Waals surface area contributed by atoms with Gasteiger partial charge in [-0.3, -0.25) is 9.58 Å². The van der Waals surface area contributed by atoms with E-state index < -0.39 is 0 Å². The number of likely N-dealkylation sites (tertiary alicyclic amines) is 1. The van der Waals surface area contributed by atoms with E-state index in [0.717, 1.165) is 55.4 Å². The van der Waals surface area contributed by atoms with Crippen molar-refractivity contribution in [3.63, 3.8) is 0 Å². The van der Waals surface area contributed by atoms with Crippen molar-refractivity contribution in [3.8, 4) is 0 Å². The lowest BCUT2D eigenvalue weighted by molar-refractivity contribution is 0.174. The van der Waals surface area contributed by atoms with Gasteiger partial charge in [-0.1, -0.05) is 18.5 Å². The van der Waals surface area contributed by atoms with Crippen molar-refractivity contribution < 1.29 is 5.11 Å². The maximum Gasteiger partial charge on any atom is 0.0863 e. The van der Waals surface area contributed by atoms with Crippen molar-refractivity contribution in [2.24, 2.45) is 0 Å². The van der Waals surface area contributed by atoms with Crippen LogP contribution in [0.15, 0.2) is 0 Å². The molecule has 0 aliphatic carbocycles. The molecule has 0 amide bonds. The lowest BCUT2D eigenvalue weighted by Gasteiger charge is -2.15. The molecule has 0 aromatic carbocycles. The number of aliphatic hydroxyl groups excluding tert-OH is 1. The summed E-state index contributed by atoms with van der Waals surface area (Å²) in [6.45, 7) is 7.45. The molecule has 1 N–H and O–H groups in total. The monoisotopic (exact) mass is 257 g/mol. The van der Waals surface area contributed by atoms with Crippen molar-refractivity contribution in [3.05, 3.63) is 16.4 Å². The van der Waals surface area contributed by atoms with Crippen LogP contribution in [0.4, 0.5) is 0 Å². The predicted molar refractivity (Wildman–Crippen MR) is 68.2 cm³/mol. The van der Waals surface area contributed by atoms with Crippen molar-refractivity contribution in [1.29, 1.82) is 0 Å². The van der Waals surface area contributed by atoms with Crippen LogP contribution in [0, 0.1) is 0 Å². The standard InChI is InChI=1S/C12H20ClN3O/c1-3-10-12(13)11(16(4-2)14-10)8-15-6-5-9(17)7-15/h9,17H,3-8H2,1-2H3. The van der Waals surface area contributed by atoms with Gasteiger partial charge in [0.2, 0.25) is 0 Å². The summed E-state index contributed by atoms with van der Waals surface area (Å²) >= 11 is 6.35. The summed E-state index contributed by atoms with van der Waals surface area (Å²) in [5.41, 5.74) is 2.06. The van der Waals surface area contributed by atoms with Crippen LogP contribution in [0.3, 0.4) is 0 Å². The highest BCUT2D eigenvalue weighted by Gasteiger charge is 2.23. The predicted octanol–water partition coefficient (Wildman–Crippen LogP) is 1.69. The van der Waals surface area contributed by atoms with Gasteiger partial charge in [-0.05, 0) is 19.8 Å². The van der Waals surface area contributed by atoms with Crippen LogP contribution in [-0.4, -0.2) is 39.0 Å². The molecule has 5 heteroatoms. The van der Waals surface area contributed by atoms with Gasteiger partial charge < -0.3 is 5.11 Å². The van der Waals surface area contributed by atoms with Crippen molar-refractivity contribution in [2.75, 3.05) is 13.1 Å². The normalized spacial score (nSPS) is 21.3. The number of β-amino-alcohol motifs (C(OH)–C–C–N with tert-alkyl or cyclic N) is 1. The van der Waals surface area contributed by atoms with Gasteiger partial charge in [0.05, 0.1) is 22.5 Å². The number of aliphatic hydroxyl groups is 1. The van der Waals surface area contributed by atoms with E-state index in [4.69, 9.17) is 11.6 Å². The van der Waals surface area contributed by atoms with E-state index in [-0.39, 0.29) is 6.10 Å². The fourth-order valence-electron chi connectivity index (χ4n) is 2.34. The van der Waals surface area contributed by atoms with Crippen LogP contribution < -0.4 is 0 Å². The quantitative estimate of drug-likeness (QED) is 0.893. The second-order valence-electron chi connectivity index (χ2n) is 4.55. The van der Waals surface area contributed by atoms with E-state index in [1.165, 1.54) is 0 Å². The number of aromatic nitrogens is 2. The number of hydrogen-bond donors (Lipinski definition) is 1. The zero-order chi connectivity index (χ0) is 12.4. The smallest absolute Gasteiger partial charge is 0.0863 e. The van der Waals surface area contributed by atoms with Gasteiger partial charge in [0, 0.05) is 26.2 Å². The minimum Gasteiger partial charge on any atom is -0.392 e. The Labute approximate surface area is 107 Å². The van der Waals surface area contributed by atoms with Crippen molar-refractivity contribution in [1.82, 2.24) is 14.7 Å². The van der Waals surface area contributed by atoms with Gasteiger partial charge in [0.25, 0.3) is 0 Å². The third-order valence-electron chi connectivity index (χ3n) is 3.32. The van der Waals surface area contributed by atoms with Gasteiger partial charge in [-0.15, -0.1) is 0 Å². The molecule has 2 heterocycles. The molecule has 1 aromatic heterocycles. The molecule has 1 unspecified atom stereocenters. The zero-order valence-corrected chi connectivity index (χ0v) is 11.2. The summed E-state index contributed by atoms with van der Waals surface area (Å²) < 4.78 is 1.98. The van der Waals surface area contributed by atoms with Crippen LogP contribution in [0.5, 0.6) is 0 Å². The third kappa shape index (κ3) is 2.64. The minimum absolute atomic E-state index is 0.183. The van der Waals surface area contributed by atoms with Crippen LogP contribution in [0.1, 0.15) is 31.7 Å². The molecule has 1 aliphatic heterocycles. The number of halogens is 1. The van der Waals surface area contributed by atoms with Crippen LogP contribution >= 0.6 is 11.6 Å². The number of nitrogens with zero attached hydrogens (tertiary/aromatic N) is 3. The Balaban J connectivity index is 2.16. The first-order valence-corrected chi connectivity index (χ1v) is 6.68. The Bertz CT molecular complexity index is 391. The molecule has 1 atom stereocenters. The maximum absolute atomic E-state index is 9.53. The highest BCUT2D eigenvalue weighted by atomic mass is 35.5. The van der Waals surface area contributed by atoms with Gasteiger partial charge in [0.15, 0.2) is 0 Å². The van der Waals surface area contributed by atoms with Crippen molar-refractivity contribution >= 4 is 11.6 Å². The molecule has 0 spiro atoms. The summed E-state index contributed by atoms with van der Waals surface area (Å²) in [5, 5.41) is 14.8. The number of rotatable bonds is 4. The first-order valence-electron chi connectivity index (χ1n) is 6.30. The largest absolute Gasteiger partial charge is 0.392 e. The molecule has 1 fully saturated rings. The SMILES string of the molecule is CCc1nn(CC)c(CN2CCC(O)C2)c1Cl. The second kappa shape index (κ2) is 5.38. The Kier molecular flexibility index (Phi) is 4.07. The topological polar surface area (TPSA) is 41.3 Å².